The number of amides is 1. The van der Waals surface area contributed by atoms with E-state index >= 15 is 0 Å². The topological polar surface area (TPSA) is 44.4 Å². The molecule has 2 aliphatic heterocycles. The second-order valence-corrected chi connectivity index (χ2v) is 6.38. The molecule has 0 saturated carbocycles. The molecular formula is C17H24FN3O. The summed E-state index contributed by atoms with van der Waals surface area (Å²) < 4.78 is 12.9. The SMILES string of the molecule is O=C(NC1CCN(Cc2ccc(F)cc2)CC1)C1CCNC1. The highest BCUT2D eigenvalue weighted by Crippen LogP contribution is 2.16. The third kappa shape index (κ3) is 4.05. The molecule has 3 rings (SSSR count). The molecule has 5 heteroatoms. The lowest BCUT2D eigenvalue weighted by Gasteiger charge is -2.32. The maximum atomic E-state index is 12.9. The Morgan fingerprint density at radius 3 is 2.59 bits per heavy atom. The Bertz CT molecular complexity index is 491. The number of carbonyl (C=O) groups excluding carboxylic acids is 1. The van der Waals surface area contributed by atoms with E-state index in [0.717, 1.165) is 57.5 Å². The van der Waals surface area contributed by atoms with Gasteiger partial charge in [-0.3, -0.25) is 9.69 Å². The Labute approximate surface area is 131 Å². The first-order chi connectivity index (χ1) is 10.7. The number of nitrogens with zero attached hydrogens (tertiary/aromatic N) is 1. The van der Waals surface area contributed by atoms with Gasteiger partial charge in [-0.1, -0.05) is 12.1 Å². The van der Waals surface area contributed by atoms with Crippen LogP contribution in [0, 0.1) is 11.7 Å². The summed E-state index contributed by atoms with van der Waals surface area (Å²) in [6.45, 7) is 4.58. The second kappa shape index (κ2) is 7.20. The molecule has 0 aliphatic carbocycles. The van der Waals surface area contributed by atoms with E-state index in [4.69, 9.17) is 0 Å². The van der Waals surface area contributed by atoms with Crippen LogP contribution >= 0.6 is 0 Å². The molecule has 1 unspecified atom stereocenters. The van der Waals surface area contributed by atoms with Crippen LogP contribution in [0.25, 0.3) is 0 Å². The molecule has 0 spiro atoms. The fourth-order valence-corrected chi connectivity index (χ4v) is 3.28. The first-order valence-electron chi connectivity index (χ1n) is 8.18. The van der Waals surface area contributed by atoms with E-state index in [9.17, 15) is 9.18 Å². The van der Waals surface area contributed by atoms with Crippen molar-refractivity contribution in [3.63, 3.8) is 0 Å². The van der Waals surface area contributed by atoms with Crippen molar-refractivity contribution in [1.29, 1.82) is 0 Å². The van der Waals surface area contributed by atoms with Crippen LogP contribution in [0.5, 0.6) is 0 Å². The number of hydrogen-bond donors (Lipinski definition) is 2. The van der Waals surface area contributed by atoms with Gasteiger partial charge in [0.1, 0.15) is 5.82 Å². The van der Waals surface area contributed by atoms with Gasteiger partial charge in [0.2, 0.25) is 5.91 Å². The van der Waals surface area contributed by atoms with Gasteiger partial charge in [-0.15, -0.1) is 0 Å². The fourth-order valence-electron chi connectivity index (χ4n) is 3.28. The number of piperidine rings is 1. The van der Waals surface area contributed by atoms with Crippen LogP contribution in [0.1, 0.15) is 24.8 Å². The quantitative estimate of drug-likeness (QED) is 0.886. The zero-order valence-corrected chi connectivity index (χ0v) is 12.9. The Morgan fingerprint density at radius 1 is 1.23 bits per heavy atom. The molecule has 2 heterocycles. The monoisotopic (exact) mass is 305 g/mol. The molecule has 1 amide bonds. The van der Waals surface area contributed by atoms with Crippen LogP contribution in [-0.4, -0.2) is 43.0 Å². The van der Waals surface area contributed by atoms with E-state index in [1.165, 1.54) is 12.1 Å². The maximum Gasteiger partial charge on any atom is 0.224 e. The molecule has 1 aromatic carbocycles. The van der Waals surface area contributed by atoms with Gasteiger partial charge in [-0.05, 0) is 43.5 Å². The second-order valence-electron chi connectivity index (χ2n) is 6.38. The Kier molecular flexibility index (Phi) is 5.05. The van der Waals surface area contributed by atoms with Gasteiger partial charge in [0.05, 0.1) is 5.92 Å². The molecule has 2 fully saturated rings. The van der Waals surface area contributed by atoms with Crippen LogP contribution in [0.4, 0.5) is 4.39 Å². The van der Waals surface area contributed by atoms with Gasteiger partial charge in [-0.2, -0.15) is 0 Å². The van der Waals surface area contributed by atoms with E-state index in [2.05, 4.69) is 15.5 Å². The van der Waals surface area contributed by atoms with Crippen molar-refractivity contribution < 1.29 is 9.18 Å². The van der Waals surface area contributed by atoms with Crippen molar-refractivity contribution in [1.82, 2.24) is 15.5 Å². The normalized spacial score (nSPS) is 23.6. The number of rotatable bonds is 4. The molecule has 0 bridgehead atoms. The molecule has 120 valence electrons. The average molecular weight is 305 g/mol. The van der Waals surface area contributed by atoms with Crippen LogP contribution in [0.15, 0.2) is 24.3 Å². The molecule has 2 N–H and O–H groups in total. The summed E-state index contributed by atoms with van der Waals surface area (Å²) in [6, 6.07) is 7.01. The summed E-state index contributed by atoms with van der Waals surface area (Å²) in [7, 11) is 0. The summed E-state index contributed by atoms with van der Waals surface area (Å²) in [5.41, 5.74) is 1.14. The number of halogens is 1. The molecule has 2 saturated heterocycles. The van der Waals surface area contributed by atoms with Crippen LogP contribution < -0.4 is 10.6 Å². The average Bonchev–Trinajstić information content (AvgIpc) is 3.06. The van der Waals surface area contributed by atoms with Crippen molar-refractivity contribution in [2.24, 2.45) is 5.92 Å². The van der Waals surface area contributed by atoms with Crippen LogP contribution in [-0.2, 0) is 11.3 Å². The molecule has 2 aliphatic rings. The number of benzene rings is 1. The summed E-state index contributed by atoms with van der Waals surface area (Å²) in [5.74, 6) is 0.172. The van der Waals surface area contributed by atoms with E-state index < -0.39 is 0 Å². The molecule has 0 aromatic heterocycles. The Balaban J connectivity index is 1.42. The number of likely N-dealkylation sites (tertiary alicyclic amines) is 1. The maximum absolute atomic E-state index is 12.9. The standard InChI is InChI=1S/C17H24FN3O/c18-15-3-1-13(2-4-15)12-21-9-6-16(7-10-21)20-17(22)14-5-8-19-11-14/h1-4,14,16,19H,5-12H2,(H,20,22). The zero-order chi connectivity index (χ0) is 15.4. The Hall–Kier alpha value is -1.46. The van der Waals surface area contributed by atoms with Crippen molar-refractivity contribution in [3.05, 3.63) is 35.6 Å². The van der Waals surface area contributed by atoms with E-state index in [-0.39, 0.29) is 17.6 Å². The van der Waals surface area contributed by atoms with Crippen molar-refractivity contribution in [2.45, 2.75) is 31.8 Å². The van der Waals surface area contributed by atoms with Crippen LogP contribution in [0.2, 0.25) is 0 Å². The zero-order valence-electron chi connectivity index (χ0n) is 12.9. The van der Waals surface area contributed by atoms with Crippen molar-refractivity contribution >= 4 is 5.91 Å². The first kappa shape index (κ1) is 15.4. The largest absolute Gasteiger partial charge is 0.353 e. The molecule has 0 radical (unpaired) electrons. The third-order valence-corrected chi connectivity index (χ3v) is 4.68. The minimum atomic E-state index is -0.188. The summed E-state index contributed by atoms with van der Waals surface area (Å²) in [6.07, 6.45) is 2.94. The lowest BCUT2D eigenvalue weighted by Crippen LogP contribution is -2.46. The molecule has 1 aromatic rings. The predicted octanol–water partition coefficient (Wildman–Crippen LogP) is 1.52. The van der Waals surface area contributed by atoms with Gasteiger partial charge in [0.15, 0.2) is 0 Å². The first-order valence-corrected chi connectivity index (χ1v) is 8.18. The molecular weight excluding hydrogens is 281 g/mol. The summed E-state index contributed by atoms with van der Waals surface area (Å²) in [5, 5.41) is 6.43. The van der Waals surface area contributed by atoms with Gasteiger partial charge >= 0.3 is 0 Å². The lowest BCUT2D eigenvalue weighted by atomic mass is 10.0. The van der Waals surface area contributed by atoms with Gasteiger partial charge in [0.25, 0.3) is 0 Å². The highest BCUT2D eigenvalue weighted by atomic mass is 19.1. The smallest absolute Gasteiger partial charge is 0.224 e. The number of carbonyl (C=O) groups is 1. The van der Waals surface area contributed by atoms with Crippen molar-refractivity contribution in [3.8, 4) is 0 Å². The van der Waals surface area contributed by atoms with E-state index in [1.54, 1.807) is 0 Å². The lowest BCUT2D eigenvalue weighted by molar-refractivity contribution is -0.125. The molecule has 22 heavy (non-hydrogen) atoms. The minimum Gasteiger partial charge on any atom is -0.353 e. The van der Waals surface area contributed by atoms with E-state index in [1.807, 2.05) is 12.1 Å². The number of hydrogen-bond acceptors (Lipinski definition) is 3. The van der Waals surface area contributed by atoms with Gasteiger partial charge in [0, 0.05) is 32.2 Å². The molecule has 4 nitrogen and oxygen atoms in total. The van der Waals surface area contributed by atoms with Crippen LogP contribution in [0.3, 0.4) is 0 Å². The highest BCUT2D eigenvalue weighted by molar-refractivity contribution is 5.79. The summed E-state index contributed by atoms with van der Waals surface area (Å²) >= 11 is 0. The summed E-state index contributed by atoms with van der Waals surface area (Å²) in [4.78, 5) is 14.5. The van der Waals surface area contributed by atoms with Crippen molar-refractivity contribution in [2.75, 3.05) is 26.2 Å². The third-order valence-electron chi connectivity index (χ3n) is 4.68. The Morgan fingerprint density at radius 2 is 1.95 bits per heavy atom. The van der Waals surface area contributed by atoms with Gasteiger partial charge in [-0.25, -0.2) is 4.39 Å². The fraction of sp³-hybridized carbons (Fsp3) is 0.588. The van der Waals surface area contributed by atoms with Gasteiger partial charge < -0.3 is 10.6 Å². The number of nitrogens with one attached hydrogen (secondary N) is 2. The highest BCUT2D eigenvalue weighted by Gasteiger charge is 2.26. The molecule has 1 atom stereocenters. The van der Waals surface area contributed by atoms with E-state index in [0.29, 0.717) is 6.04 Å². The minimum absolute atomic E-state index is 0.150. The predicted molar refractivity (Wildman–Crippen MR) is 83.8 cm³/mol.